The first-order valence-electron chi connectivity index (χ1n) is 5.95. The van der Waals surface area contributed by atoms with E-state index in [9.17, 15) is 13.2 Å². The van der Waals surface area contributed by atoms with Crippen molar-refractivity contribution in [3.63, 3.8) is 0 Å². The molecule has 2 N–H and O–H groups in total. The van der Waals surface area contributed by atoms with Gasteiger partial charge in [-0.25, -0.2) is 4.98 Å². The van der Waals surface area contributed by atoms with Crippen LogP contribution < -0.4 is 5.73 Å². The van der Waals surface area contributed by atoms with E-state index in [-0.39, 0.29) is 0 Å². The fourth-order valence-corrected chi connectivity index (χ4v) is 1.97. The summed E-state index contributed by atoms with van der Waals surface area (Å²) in [6.07, 6.45) is -2.66. The van der Waals surface area contributed by atoms with Gasteiger partial charge in [0.1, 0.15) is 17.3 Å². The minimum absolute atomic E-state index is 0.419. The van der Waals surface area contributed by atoms with Crippen molar-refractivity contribution in [2.24, 2.45) is 0 Å². The average Bonchev–Trinajstić information content (AvgIpc) is 2.66. The fourth-order valence-electron chi connectivity index (χ4n) is 1.97. The monoisotopic (exact) mass is 281 g/mol. The molecule has 106 valence electrons. The molecule has 1 aromatic heterocycles. The number of halogens is 3. The molecule has 0 aliphatic rings. The number of hydrogen-bond acceptors (Lipinski definition) is 2. The zero-order chi connectivity index (χ0) is 14.9. The van der Waals surface area contributed by atoms with Crippen LogP contribution in [0.3, 0.4) is 0 Å². The Morgan fingerprint density at radius 3 is 2.40 bits per heavy atom. The van der Waals surface area contributed by atoms with E-state index in [1.54, 1.807) is 17.6 Å². The van der Waals surface area contributed by atoms with Gasteiger partial charge in [0.15, 0.2) is 0 Å². The molecule has 0 fully saturated rings. The smallest absolute Gasteiger partial charge is 0.383 e. The minimum atomic E-state index is -4.35. The van der Waals surface area contributed by atoms with Gasteiger partial charge in [-0.05, 0) is 19.1 Å². The van der Waals surface area contributed by atoms with Gasteiger partial charge in [-0.3, -0.25) is 0 Å². The highest BCUT2D eigenvalue weighted by atomic mass is 19.4. The summed E-state index contributed by atoms with van der Waals surface area (Å²) in [6, 6.07) is 4.80. The average molecular weight is 281 g/mol. The standard InChI is InChI=1S/C14H14F3N3/c1-3-8-20-9(2)19-12(13(20)18)10-4-6-11(7-5-10)14(15,16)17/h3-7H,1,8,18H2,2H3. The molecule has 2 rings (SSSR count). The van der Waals surface area contributed by atoms with Crippen molar-refractivity contribution >= 4 is 5.82 Å². The van der Waals surface area contributed by atoms with Gasteiger partial charge in [0.05, 0.1) is 5.56 Å². The van der Waals surface area contributed by atoms with E-state index in [0.29, 0.717) is 29.4 Å². The molecule has 1 heterocycles. The van der Waals surface area contributed by atoms with Crippen LogP contribution in [0.25, 0.3) is 11.3 Å². The van der Waals surface area contributed by atoms with Gasteiger partial charge < -0.3 is 10.3 Å². The van der Waals surface area contributed by atoms with E-state index in [4.69, 9.17) is 5.73 Å². The van der Waals surface area contributed by atoms with E-state index < -0.39 is 11.7 Å². The molecule has 0 spiro atoms. The summed E-state index contributed by atoms with van der Waals surface area (Å²) in [7, 11) is 0. The number of anilines is 1. The first kappa shape index (κ1) is 14.2. The van der Waals surface area contributed by atoms with Gasteiger partial charge in [-0.1, -0.05) is 18.2 Å². The number of benzene rings is 1. The van der Waals surface area contributed by atoms with Gasteiger partial charge in [0, 0.05) is 12.1 Å². The maximum atomic E-state index is 12.5. The molecule has 0 saturated carbocycles. The molecular formula is C14H14F3N3. The first-order valence-corrected chi connectivity index (χ1v) is 5.95. The third-order valence-electron chi connectivity index (χ3n) is 2.99. The molecule has 0 radical (unpaired) electrons. The summed E-state index contributed by atoms with van der Waals surface area (Å²) in [4.78, 5) is 4.30. The molecule has 0 aliphatic heterocycles. The van der Waals surface area contributed by atoms with Crippen molar-refractivity contribution in [2.45, 2.75) is 19.6 Å². The third-order valence-corrected chi connectivity index (χ3v) is 2.99. The van der Waals surface area contributed by atoms with E-state index in [1.807, 2.05) is 0 Å². The van der Waals surface area contributed by atoms with E-state index in [0.717, 1.165) is 12.1 Å². The Hall–Kier alpha value is -2.24. The Morgan fingerprint density at radius 2 is 1.90 bits per heavy atom. The third kappa shape index (κ3) is 2.54. The summed E-state index contributed by atoms with van der Waals surface area (Å²) in [5.74, 6) is 1.11. The number of nitrogens with zero attached hydrogens (tertiary/aromatic N) is 2. The molecule has 0 aliphatic carbocycles. The van der Waals surface area contributed by atoms with Crippen molar-refractivity contribution in [1.82, 2.24) is 9.55 Å². The van der Waals surface area contributed by atoms with Crippen LogP contribution in [0.15, 0.2) is 36.9 Å². The maximum absolute atomic E-state index is 12.5. The largest absolute Gasteiger partial charge is 0.416 e. The van der Waals surface area contributed by atoms with Crippen molar-refractivity contribution in [3.05, 3.63) is 48.3 Å². The summed E-state index contributed by atoms with van der Waals surface area (Å²) in [6.45, 7) is 5.92. The zero-order valence-electron chi connectivity index (χ0n) is 10.9. The van der Waals surface area contributed by atoms with Crippen LogP contribution >= 0.6 is 0 Å². The quantitative estimate of drug-likeness (QED) is 0.873. The molecular weight excluding hydrogens is 267 g/mol. The molecule has 3 nitrogen and oxygen atoms in total. The van der Waals surface area contributed by atoms with Gasteiger partial charge in [0.25, 0.3) is 0 Å². The maximum Gasteiger partial charge on any atom is 0.416 e. The van der Waals surface area contributed by atoms with E-state index in [1.165, 1.54) is 12.1 Å². The van der Waals surface area contributed by atoms with Crippen LogP contribution in [0.4, 0.5) is 19.0 Å². The summed E-state index contributed by atoms with van der Waals surface area (Å²) in [5, 5.41) is 0. The lowest BCUT2D eigenvalue weighted by Crippen LogP contribution is -2.04. The number of rotatable bonds is 3. The Bertz CT molecular complexity index is 624. The topological polar surface area (TPSA) is 43.8 Å². The van der Waals surface area contributed by atoms with Gasteiger partial charge in [-0.15, -0.1) is 6.58 Å². The van der Waals surface area contributed by atoms with Gasteiger partial charge >= 0.3 is 6.18 Å². The lowest BCUT2D eigenvalue weighted by Gasteiger charge is -2.07. The number of aryl methyl sites for hydroxylation is 1. The van der Waals surface area contributed by atoms with Crippen molar-refractivity contribution in [1.29, 1.82) is 0 Å². The SMILES string of the molecule is C=CCn1c(C)nc(-c2ccc(C(F)(F)F)cc2)c1N. The van der Waals surface area contributed by atoms with E-state index >= 15 is 0 Å². The van der Waals surface area contributed by atoms with Crippen LogP contribution in [0, 0.1) is 6.92 Å². The molecule has 0 saturated heterocycles. The Kier molecular flexibility index (Phi) is 3.57. The fraction of sp³-hybridized carbons (Fsp3) is 0.214. The number of allylic oxidation sites excluding steroid dienone is 1. The summed E-state index contributed by atoms with van der Waals surface area (Å²) in [5.41, 5.74) is 6.33. The van der Waals surface area contributed by atoms with Crippen molar-refractivity contribution in [3.8, 4) is 11.3 Å². The summed E-state index contributed by atoms with van der Waals surface area (Å²) < 4.78 is 39.3. The zero-order valence-corrected chi connectivity index (χ0v) is 10.9. The molecule has 6 heteroatoms. The van der Waals surface area contributed by atoms with Gasteiger partial charge in [0.2, 0.25) is 0 Å². The lowest BCUT2D eigenvalue weighted by atomic mass is 10.1. The van der Waals surface area contributed by atoms with Crippen LogP contribution in [-0.2, 0) is 12.7 Å². The molecule has 2 aromatic rings. The number of alkyl halides is 3. The Morgan fingerprint density at radius 1 is 1.30 bits per heavy atom. The van der Waals surface area contributed by atoms with Crippen molar-refractivity contribution < 1.29 is 13.2 Å². The summed E-state index contributed by atoms with van der Waals surface area (Å²) >= 11 is 0. The molecule has 0 bridgehead atoms. The number of nitrogens with two attached hydrogens (primary N) is 1. The molecule has 0 atom stereocenters. The second-order valence-electron chi connectivity index (χ2n) is 4.37. The molecule has 1 aromatic carbocycles. The normalized spacial score (nSPS) is 11.6. The van der Waals surface area contributed by atoms with Crippen LogP contribution in [0.1, 0.15) is 11.4 Å². The second-order valence-corrected chi connectivity index (χ2v) is 4.37. The predicted octanol–water partition coefficient (Wildman–Crippen LogP) is 3.65. The Labute approximate surface area is 114 Å². The number of nitrogen functional groups attached to an aromatic ring is 1. The van der Waals surface area contributed by atoms with Gasteiger partial charge in [-0.2, -0.15) is 13.2 Å². The number of imidazole rings is 1. The van der Waals surface area contributed by atoms with Crippen LogP contribution in [-0.4, -0.2) is 9.55 Å². The minimum Gasteiger partial charge on any atom is -0.383 e. The van der Waals surface area contributed by atoms with Crippen LogP contribution in [0.2, 0.25) is 0 Å². The molecule has 0 amide bonds. The van der Waals surface area contributed by atoms with E-state index in [2.05, 4.69) is 11.6 Å². The molecule has 20 heavy (non-hydrogen) atoms. The highest BCUT2D eigenvalue weighted by Crippen LogP contribution is 2.32. The second kappa shape index (κ2) is 5.03. The first-order chi connectivity index (χ1) is 9.34. The van der Waals surface area contributed by atoms with Crippen LogP contribution in [0.5, 0.6) is 0 Å². The van der Waals surface area contributed by atoms with Crippen molar-refractivity contribution in [2.75, 3.05) is 5.73 Å². The molecule has 0 unspecified atom stereocenters. The number of aromatic nitrogens is 2. The lowest BCUT2D eigenvalue weighted by molar-refractivity contribution is -0.137. The highest BCUT2D eigenvalue weighted by Gasteiger charge is 2.30. The number of hydrogen-bond donors (Lipinski definition) is 1. The Balaban J connectivity index is 2.42. The highest BCUT2D eigenvalue weighted by molar-refractivity contribution is 5.71. The predicted molar refractivity (Wildman–Crippen MR) is 72.0 cm³/mol.